The van der Waals surface area contributed by atoms with Crippen LogP contribution in [0.5, 0.6) is 0 Å². The topological polar surface area (TPSA) is 300 Å². The van der Waals surface area contributed by atoms with Gasteiger partial charge >= 0.3 is 12.1 Å². The van der Waals surface area contributed by atoms with Crippen LogP contribution in [0.15, 0.2) is 0 Å². The zero-order valence-electron chi connectivity index (χ0n) is 32.1. The van der Waals surface area contributed by atoms with E-state index in [4.69, 9.17) is 30.4 Å². The minimum Gasteiger partial charge on any atom is -0.394 e. The Morgan fingerprint density at radius 2 is 1.07 bits per heavy atom. The number of urea groups is 2. The predicted molar refractivity (Wildman–Crippen MR) is 203 cm³/mol. The summed E-state index contributed by atoms with van der Waals surface area (Å²) in [7, 11) is 1.32. The SMILES string of the molecule is CO[C@@H]1O[C@H](CO)[C@@H](O[C@H]2O[C@@H](CNC(=O)NCCCNCCCCNCCCN)[C@@H](O)[C@H](O)[C@H]2NC(=O)NCCCNCCCCNCCCN)[C@H]1O. The minimum atomic E-state index is -1.59. The van der Waals surface area contributed by atoms with Crippen LogP contribution < -0.4 is 54.0 Å². The number of nitrogens with one attached hydrogen (secondary N) is 8. The lowest BCUT2D eigenvalue weighted by molar-refractivity contribution is -0.283. The first-order valence-electron chi connectivity index (χ1n) is 19.7. The molecule has 2 aliphatic heterocycles. The molecule has 2 saturated heterocycles. The van der Waals surface area contributed by atoms with Crippen LogP contribution >= 0.6 is 0 Å². The van der Waals surface area contributed by atoms with E-state index in [-0.39, 0.29) is 6.54 Å². The van der Waals surface area contributed by atoms with Crippen LogP contribution in [0, 0.1) is 0 Å². The largest absolute Gasteiger partial charge is 0.394 e. The number of aliphatic hydroxyl groups excluding tert-OH is 4. The Morgan fingerprint density at radius 1 is 0.593 bits per heavy atom. The van der Waals surface area contributed by atoms with Gasteiger partial charge in [0.1, 0.15) is 42.7 Å². The van der Waals surface area contributed by atoms with Crippen molar-refractivity contribution in [2.24, 2.45) is 11.5 Å². The van der Waals surface area contributed by atoms with Crippen LogP contribution in [-0.2, 0) is 18.9 Å². The third-order valence-electron chi connectivity index (χ3n) is 9.12. The zero-order valence-corrected chi connectivity index (χ0v) is 32.1. The van der Waals surface area contributed by atoms with E-state index in [1.54, 1.807) is 0 Å². The van der Waals surface area contributed by atoms with E-state index in [0.29, 0.717) is 45.6 Å². The quantitative estimate of drug-likeness (QED) is 0.0298. The van der Waals surface area contributed by atoms with Crippen molar-refractivity contribution in [3.05, 3.63) is 0 Å². The van der Waals surface area contributed by atoms with Gasteiger partial charge in [0, 0.05) is 26.7 Å². The van der Waals surface area contributed by atoms with E-state index in [1.807, 2.05) is 0 Å². The van der Waals surface area contributed by atoms with Gasteiger partial charge in [0.2, 0.25) is 0 Å². The monoisotopic (exact) mass is 781 g/mol. The molecule has 0 aromatic rings. The van der Waals surface area contributed by atoms with Crippen LogP contribution in [0.25, 0.3) is 0 Å². The summed E-state index contributed by atoms with van der Waals surface area (Å²) in [6, 6.07) is -2.42. The molecule has 0 aromatic heterocycles. The second-order valence-corrected chi connectivity index (χ2v) is 13.5. The Hall–Kier alpha value is -2.02. The molecular formula is C34H72N10O10. The summed E-state index contributed by atoms with van der Waals surface area (Å²) < 4.78 is 22.7. The van der Waals surface area contributed by atoms with Crippen molar-refractivity contribution in [2.75, 3.05) is 98.8 Å². The molecule has 0 saturated carbocycles. The van der Waals surface area contributed by atoms with E-state index in [9.17, 15) is 30.0 Å². The van der Waals surface area contributed by atoms with Crippen LogP contribution in [0.4, 0.5) is 9.59 Å². The highest BCUT2D eigenvalue weighted by Crippen LogP contribution is 2.30. The highest BCUT2D eigenvalue weighted by Gasteiger charge is 2.51. The third kappa shape index (κ3) is 19.2. The van der Waals surface area contributed by atoms with Crippen molar-refractivity contribution in [2.45, 2.75) is 107 Å². The van der Waals surface area contributed by atoms with Gasteiger partial charge in [-0.25, -0.2) is 9.59 Å². The number of unbranched alkanes of at least 4 members (excludes halogenated alkanes) is 2. The summed E-state index contributed by atoms with van der Waals surface area (Å²) >= 11 is 0. The summed E-state index contributed by atoms with van der Waals surface area (Å²) in [5.41, 5.74) is 11.0. The zero-order chi connectivity index (χ0) is 39.4. The second-order valence-electron chi connectivity index (χ2n) is 13.5. The number of ether oxygens (including phenoxy) is 4. The fraction of sp³-hybridized carbons (Fsp3) is 0.941. The number of carbonyl (C=O) groups excluding carboxylic acids is 2. The molecule has 2 heterocycles. The van der Waals surface area contributed by atoms with Crippen LogP contribution in [0.3, 0.4) is 0 Å². The number of rotatable bonds is 31. The second kappa shape index (κ2) is 30.2. The molecule has 0 aromatic carbocycles. The highest BCUT2D eigenvalue weighted by atomic mass is 16.7. The Morgan fingerprint density at radius 3 is 1.57 bits per heavy atom. The Kier molecular flexibility index (Phi) is 26.9. The molecule has 0 aliphatic carbocycles. The number of aliphatic hydroxyl groups is 4. The first-order valence-corrected chi connectivity index (χ1v) is 19.7. The average Bonchev–Trinajstić information content (AvgIpc) is 3.48. The third-order valence-corrected chi connectivity index (χ3v) is 9.12. The lowest BCUT2D eigenvalue weighted by Crippen LogP contribution is -2.67. The van der Waals surface area contributed by atoms with Gasteiger partial charge in [-0.2, -0.15) is 0 Å². The predicted octanol–water partition coefficient (Wildman–Crippen LogP) is -4.09. The molecule has 0 radical (unpaired) electrons. The van der Waals surface area contributed by atoms with Gasteiger partial charge in [0.15, 0.2) is 12.6 Å². The molecule has 20 nitrogen and oxygen atoms in total. The molecule has 16 N–H and O–H groups in total. The van der Waals surface area contributed by atoms with Crippen molar-refractivity contribution in [3.8, 4) is 0 Å². The van der Waals surface area contributed by atoms with E-state index < -0.39 is 73.9 Å². The van der Waals surface area contributed by atoms with Gasteiger partial charge in [-0.15, -0.1) is 0 Å². The van der Waals surface area contributed by atoms with Gasteiger partial charge in [0.05, 0.1) is 6.61 Å². The number of carbonyl (C=O) groups is 2. The van der Waals surface area contributed by atoms with Gasteiger partial charge < -0.3 is 93.4 Å². The molecule has 4 amide bonds. The number of methoxy groups -OCH3 is 1. The normalized spacial score (nSPS) is 26.8. The molecule has 0 unspecified atom stereocenters. The fourth-order valence-electron chi connectivity index (χ4n) is 5.98. The molecule has 0 bridgehead atoms. The summed E-state index contributed by atoms with van der Waals surface area (Å²) in [6.07, 6.45) is -2.84. The van der Waals surface area contributed by atoms with Crippen molar-refractivity contribution in [3.63, 3.8) is 0 Å². The maximum Gasteiger partial charge on any atom is 0.315 e. The molecule has 2 fully saturated rings. The minimum absolute atomic E-state index is 0.202. The molecule has 2 aliphatic rings. The van der Waals surface area contributed by atoms with E-state index in [0.717, 1.165) is 84.3 Å². The summed E-state index contributed by atoms with van der Waals surface area (Å²) in [5.74, 6) is 0. The van der Waals surface area contributed by atoms with Gasteiger partial charge in [-0.05, 0) is 117 Å². The van der Waals surface area contributed by atoms with Crippen molar-refractivity contribution in [1.29, 1.82) is 0 Å². The van der Waals surface area contributed by atoms with Crippen LogP contribution in [0.2, 0.25) is 0 Å². The molecule has 20 heteroatoms. The maximum atomic E-state index is 12.9. The Balaban J connectivity index is 1.81. The first kappa shape index (κ1) is 48.1. The Bertz CT molecular complexity index is 963. The molecular weight excluding hydrogens is 708 g/mol. The average molecular weight is 781 g/mol. The molecule has 2 rings (SSSR count). The summed E-state index contributed by atoms with van der Waals surface area (Å²) in [4.78, 5) is 25.4. The van der Waals surface area contributed by atoms with Gasteiger partial charge in [0.25, 0.3) is 0 Å². The van der Waals surface area contributed by atoms with Crippen LogP contribution in [0.1, 0.15) is 51.4 Å². The number of amides is 4. The van der Waals surface area contributed by atoms with E-state index >= 15 is 0 Å². The van der Waals surface area contributed by atoms with Gasteiger partial charge in [-0.3, -0.25) is 0 Å². The molecule has 0 spiro atoms. The van der Waals surface area contributed by atoms with Gasteiger partial charge in [-0.1, -0.05) is 0 Å². The summed E-state index contributed by atoms with van der Waals surface area (Å²) in [6.45, 7) is 8.32. The smallest absolute Gasteiger partial charge is 0.315 e. The lowest BCUT2D eigenvalue weighted by atomic mass is 9.96. The summed E-state index contributed by atoms with van der Waals surface area (Å²) in [5, 5.41) is 66.9. The highest BCUT2D eigenvalue weighted by molar-refractivity contribution is 5.74. The lowest BCUT2D eigenvalue weighted by Gasteiger charge is -2.44. The van der Waals surface area contributed by atoms with E-state index in [1.165, 1.54) is 7.11 Å². The first-order chi connectivity index (χ1) is 26.3. The molecule has 54 heavy (non-hydrogen) atoms. The Labute approximate surface area is 320 Å². The van der Waals surface area contributed by atoms with Crippen molar-refractivity contribution >= 4 is 12.1 Å². The fourth-order valence-corrected chi connectivity index (χ4v) is 5.98. The number of nitrogens with two attached hydrogens (primary N) is 2. The number of hydrogen-bond donors (Lipinski definition) is 14. The maximum absolute atomic E-state index is 12.9. The molecule has 318 valence electrons. The van der Waals surface area contributed by atoms with Crippen LogP contribution in [-0.4, -0.2) is 187 Å². The van der Waals surface area contributed by atoms with Crippen molar-refractivity contribution in [1.82, 2.24) is 42.5 Å². The van der Waals surface area contributed by atoms with E-state index in [2.05, 4.69) is 42.5 Å². The standard InChI is InChI=1S/C34H72N10O10/c1-51-32-29(48)30(25(23-45)53-32)54-31-26(44-34(50)42-21-9-19-40-15-5-3-13-38-17-7-11-36)28(47)27(46)24(52-31)22-43-33(49)41-20-8-18-39-14-4-2-12-37-16-6-10-35/h24-32,37-40,45-48H,2-23,35-36H2,1H3,(H2,41,43,49)(H2,42,44,50)/t24-,25+,26+,27+,28+,29+,30+,31+,32+/m0/s1. The number of hydrogen-bond acceptors (Lipinski definition) is 16. The van der Waals surface area contributed by atoms with Crippen molar-refractivity contribution < 1.29 is 49.0 Å². The molecule has 9 atom stereocenters.